The third-order valence-corrected chi connectivity index (χ3v) is 3.16. The predicted octanol–water partition coefficient (Wildman–Crippen LogP) is 3.63. The van der Waals surface area contributed by atoms with Crippen molar-refractivity contribution < 1.29 is 8.78 Å². The maximum absolute atomic E-state index is 12.5. The van der Waals surface area contributed by atoms with Gasteiger partial charge in [-0.2, -0.15) is 0 Å². The number of fused-ring (bicyclic) bond motifs is 1. The van der Waals surface area contributed by atoms with E-state index in [2.05, 4.69) is 11.4 Å². The van der Waals surface area contributed by atoms with Crippen LogP contribution in [-0.4, -0.2) is 12.5 Å². The van der Waals surface area contributed by atoms with Crippen molar-refractivity contribution in [3.8, 4) is 0 Å². The van der Waals surface area contributed by atoms with Gasteiger partial charge in [0.1, 0.15) is 0 Å². The normalized spacial score (nSPS) is 17.0. The minimum absolute atomic E-state index is 0.784. The van der Waals surface area contributed by atoms with E-state index in [1.165, 1.54) is 24.5 Å². The molecule has 0 aliphatic heterocycles. The molecule has 88 valence electrons. The SMILES string of the molecule is CC(Nc1cccc2c1CCCC2)C(F)F. The minimum atomic E-state index is -2.32. The maximum Gasteiger partial charge on any atom is 0.258 e. The molecule has 1 unspecified atom stereocenters. The van der Waals surface area contributed by atoms with Crippen molar-refractivity contribution in [1.82, 2.24) is 0 Å². The molecule has 1 aromatic carbocycles. The average Bonchev–Trinajstić information content (AvgIpc) is 2.29. The van der Waals surface area contributed by atoms with Crippen LogP contribution in [-0.2, 0) is 12.8 Å². The molecule has 0 aromatic heterocycles. The number of hydrogen-bond acceptors (Lipinski definition) is 1. The van der Waals surface area contributed by atoms with E-state index in [-0.39, 0.29) is 0 Å². The summed E-state index contributed by atoms with van der Waals surface area (Å²) in [5.41, 5.74) is 3.45. The highest BCUT2D eigenvalue weighted by molar-refractivity contribution is 5.56. The summed E-state index contributed by atoms with van der Waals surface area (Å²) < 4.78 is 25.0. The predicted molar refractivity (Wildman–Crippen MR) is 62.2 cm³/mol. The van der Waals surface area contributed by atoms with Gasteiger partial charge in [0.2, 0.25) is 0 Å². The fraction of sp³-hybridized carbons (Fsp3) is 0.538. The smallest absolute Gasteiger partial charge is 0.258 e. The van der Waals surface area contributed by atoms with E-state index in [0.29, 0.717) is 0 Å². The van der Waals surface area contributed by atoms with Crippen LogP contribution < -0.4 is 5.32 Å². The zero-order chi connectivity index (χ0) is 11.5. The van der Waals surface area contributed by atoms with Gasteiger partial charge < -0.3 is 5.32 Å². The average molecular weight is 225 g/mol. The Morgan fingerprint density at radius 2 is 1.94 bits per heavy atom. The molecule has 0 heterocycles. The first kappa shape index (κ1) is 11.4. The molecule has 16 heavy (non-hydrogen) atoms. The summed E-state index contributed by atoms with van der Waals surface area (Å²) in [5.74, 6) is 0. The van der Waals surface area contributed by atoms with Crippen LogP contribution in [0.2, 0.25) is 0 Å². The first-order valence-corrected chi connectivity index (χ1v) is 5.84. The number of alkyl halides is 2. The zero-order valence-electron chi connectivity index (χ0n) is 9.47. The molecule has 0 radical (unpaired) electrons. The molecule has 2 rings (SSSR count). The first-order valence-electron chi connectivity index (χ1n) is 5.84. The van der Waals surface area contributed by atoms with Crippen LogP contribution in [0.1, 0.15) is 30.9 Å². The summed E-state index contributed by atoms with van der Waals surface area (Å²) in [6, 6.07) is 5.17. The molecular weight excluding hydrogens is 208 g/mol. The van der Waals surface area contributed by atoms with Crippen molar-refractivity contribution >= 4 is 5.69 Å². The van der Waals surface area contributed by atoms with Crippen molar-refractivity contribution in [3.63, 3.8) is 0 Å². The van der Waals surface area contributed by atoms with E-state index in [9.17, 15) is 8.78 Å². The van der Waals surface area contributed by atoms with E-state index in [0.717, 1.165) is 24.9 Å². The topological polar surface area (TPSA) is 12.0 Å². The molecule has 3 heteroatoms. The van der Waals surface area contributed by atoms with Gasteiger partial charge in [0, 0.05) is 5.69 Å². The lowest BCUT2D eigenvalue weighted by atomic mass is 9.90. The second-order valence-electron chi connectivity index (χ2n) is 4.42. The molecule has 0 spiro atoms. The van der Waals surface area contributed by atoms with Crippen LogP contribution >= 0.6 is 0 Å². The van der Waals surface area contributed by atoms with Gasteiger partial charge in [-0.15, -0.1) is 0 Å². The van der Waals surface area contributed by atoms with Crippen molar-refractivity contribution in [2.45, 2.75) is 45.1 Å². The zero-order valence-corrected chi connectivity index (χ0v) is 9.47. The fourth-order valence-electron chi connectivity index (χ4n) is 2.22. The summed E-state index contributed by atoms with van der Waals surface area (Å²) in [5, 5.41) is 2.92. The molecule has 0 saturated carbocycles. The summed E-state index contributed by atoms with van der Waals surface area (Å²) in [6.07, 6.45) is 2.14. The van der Waals surface area contributed by atoms with Gasteiger partial charge in [-0.3, -0.25) is 0 Å². The number of aryl methyl sites for hydroxylation is 1. The van der Waals surface area contributed by atoms with Crippen LogP contribution in [0.15, 0.2) is 18.2 Å². The highest BCUT2D eigenvalue weighted by atomic mass is 19.3. The lowest BCUT2D eigenvalue weighted by molar-refractivity contribution is 0.130. The third kappa shape index (κ3) is 2.34. The molecule has 1 aliphatic carbocycles. The monoisotopic (exact) mass is 225 g/mol. The van der Waals surface area contributed by atoms with Gasteiger partial charge in [0.25, 0.3) is 6.43 Å². The Labute approximate surface area is 94.9 Å². The second-order valence-corrected chi connectivity index (χ2v) is 4.42. The fourth-order valence-corrected chi connectivity index (χ4v) is 2.22. The largest absolute Gasteiger partial charge is 0.377 e. The van der Waals surface area contributed by atoms with Crippen LogP contribution in [0, 0.1) is 0 Å². The van der Waals surface area contributed by atoms with Crippen LogP contribution in [0.5, 0.6) is 0 Å². The molecular formula is C13H17F2N. The van der Waals surface area contributed by atoms with Crippen molar-refractivity contribution in [2.75, 3.05) is 5.32 Å². The van der Waals surface area contributed by atoms with E-state index < -0.39 is 12.5 Å². The second kappa shape index (κ2) is 4.81. The molecule has 1 aromatic rings. The Morgan fingerprint density at radius 1 is 1.19 bits per heavy atom. The van der Waals surface area contributed by atoms with Gasteiger partial charge in [-0.1, -0.05) is 12.1 Å². The Morgan fingerprint density at radius 3 is 2.69 bits per heavy atom. The van der Waals surface area contributed by atoms with Crippen LogP contribution in [0.3, 0.4) is 0 Å². The van der Waals surface area contributed by atoms with E-state index in [4.69, 9.17) is 0 Å². The van der Waals surface area contributed by atoms with Crippen LogP contribution in [0.25, 0.3) is 0 Å². The van der Waals surface area contributed by atoms with E-state index >= 15 is 0 Å². The lowest BCUT2D eigenvalue weighted by Gasteiger charge is -2.22. The lowest BCUT2D eigenvalue weighted by Crippen LogP contribution is -2.25. The first-order chi connectivity index (χ1) is 7.68. The van der Waals surface area contributed by atoms with Crippen molar-refractivity contribution in [1.29, 1.82) is 0 Å². The van der Waals surface area contributed by atoms with Crippen molar-refractivity contribution in [2.24, 2.45) is 0 Å². The molecule has 0 bridgehead atoms. The van der Waals surface area contributed by atoms with Gasteiger partial charge in [-0.25, -0.2) is 8.78 Å². The van der Waals surface area contributed by atoms with Crippen molar-refractivity contribution in [3.05, 3.63) is 29.3 Å². The number of halogens is 2. The molecule has 1 N–H and O–H groups in total. The summed E-state index contributed by atoms with van der Waals surface area (Å²) in [6.45, 7) is 1.52. The number of rotatable bonds is 3. The highest BCUT2D eigenvalue weighted by Gasteiger charge is 2.18. The van der Waals surface area contributed by atoms with Gasteiger partial charge in [0.15, 0.2) is 0 Å². The molecule has 1 atom stereocenters. The Hall–Kier alpha value is -1.12. The maximum atomic E-state index is 12.5. The molecule has 1 aliphatic rings. The summed E-state index contributed by atoms with van der Waals surface area (Å²) in [4.78, 5) is 0. The summed E-state index contributed by atoms with van der Waals surface area (Å²) >= 11 is 0. The quantitative estimate of drug-likeness (QED) is 0.828. The Balaban J connectivity index is 2.20. The standard InChI is InChI=1S/C13H17F2N/c1-9(13(14)15)16-12-8-4-6-10-5-2-3-7-11(10)12/h4,6,8-9,13,16H,2-3,5,7H2,1H3. The van der Waals surface area contributed by atoms with Gasteiger partial charge in [-0.05, 0) is 49.8 Å². The van der Waals surface area contributed by atoms with Crippen LogP contribution in [0.4, 0.5) is 14.5 Å². The van der Waals surface area contributed by atoms with E-state index in [1.54, 1.807) is 0 Å². The third-order valence-electron chi connectivity index (χ3n) is 3.16. The number of hydrogen-bond donors (Lipinski definition) is 1. The van der Waals surface area contributed by atoms with Gasteiger partial charge >= 0.3 is 0 Å². The molecule has 0 amide bonds. The number of benzene rings is 1. The number of anilines is 1. The Kier molecular flexibility index (Phi) is 3.42. The Bertz CT molecular complexity index is 363. The minimum Gasteiger partial charge on any atom is -0.377 e. The molecule has 1 nitrogen and oxygen atoms in total. The van der Waals surface area contributed by atoms with Gasteiger partial charge in [0.05, 0.1) is 6.04 Å². The number of nitrogens with one attached hydrogen (secondary N) is 1. The molecule has 0 fully saturated rings. The molecule has 0 saturated heterocycles. The summed E-state index contributed by atoms with van der Waals surface area (Å²) in [7, 11) is 0. The van der Waals surface area contributed by atoms with E-state index in [1.807, 2.05) is 12.1 Å². The highest BCUT2D eigenvalue weighted by Crippen LogP contribution is 2.28.